The molecule has 0 radical (unpaired) electrons. The third-order valence-electron chi connectivity index (χ3n) is 5.66. The molecule has 2 heterocycles. The lowest BCUT2D eigenvalue weighted by Gasteiger charge is -2.46. The lowest BCUT2D eigenvalue weighted by molar-refractivity contribution is -0.110. The van der Waals surface area contributed by atoms with Crippen LogP contribution in [0.5, 0.6) is 0 Å². The molecule has 25 heavy (non-hydrogen) atoms. The Kier molecular flexibility index (Phi) is 3.98. The van der Waals surface area contributed by atoms with Gasteiger partial charge in [-0.2, -0.15) is 0 Å². The first-order valence-corrected chi connectivity index (χ1v) is 9.07. The van der Waals surface area contributed by atoms with E-state index in [-0.39, 0.29) is 17.9 Å². The molecule has 1 aliphatic carbocycles. The van der Waals surface area contributed by atoms with E-state index in [1.54, 1.807) is 0 Å². The number of carbonyl (C=O) groups excluding carboxylic acids is 2. The number of hydrogen-bond acceptors (Lipinski definition) is 3. The van der Waals surface area contributed by atoms with Gasteiger partial charge in [0.1, 0.15) is 6.29 Å². The van der Waals surface area contributed by atoms with Crippen molar-refractivity contribution in [2.75, 3.05) is 13.2 Å². The van der Waals surface area contributed by atoms with Crippen LogP contribution < -0.4 is 0 Å². The molecule has 1 amide bonds. The van der Waals surface area contributed by atoms with Gasteiger partial charge in [-0.25, -0.2) is 0 Å². The van der Waals surface area contributed by atoms with Crippen molar-refractivity contribution in [2.24, 2.45) is 5.92 Å². The van der Waals surface area contributed by atoms with E-state index in [4.69, 9.17) is 4.74 Å². The highest BCUT2D eigenvalue weighted by molar-refractivity contribution is 5.99. The minimum absolute atomic E-state index is 0.0373. The summed E-state index contributed by atoms with van der Waals surface area (Å²) >= 11 is 0. The Bertz CT molecular complexity index is 792. The zero-order valence-electron chi connectivity index (χ0n) is 14.7. The summed E-state index contributed by atoms with van der Waals surface area (Å²) in [5, 5.41) is 0. The van der Waals surface area contributed by atoms with Gasteiger partial charge in [0, 0.05) is 18.0 Å². The van der Waals surface area contributed by atoms with Gasteiger partial charge in [0.15, 0.2) is 0 Å². The smallest absolute Gasteiger partial charge is 0.254 e. The van der Waals surface area contributed by atoms with E-state index in [2.05, 4.69) is 13.0 Å². The molecule has 3 atom stereocenters. The van der Waals surface area contributed by atoms with Gasteiger partial charge in [0.25, 0.3) is 5.91 Å². The molecule has 4 heteroatoms. The van der Waals surface area contributed by atoms with E-state index in [0.717, 1.165) is 36.0 Å². The first-order chi connectivity index (χ1) is 12.2. The zero-order valence-corrected chi connectivity index (χ0v) is 14.7. The van der Waals surface area contributed by atoms with Gasteiger partial charge in [-0.05, 0) is 43.0 Å². The second-order valence-corrected chi connectivity index (χ2v) is 7.09. The van der Waals surface area contributed by atoms with Gasteiger partial charge < -0.3 is 14.4 Å². The summed E-state index contributed by atoms with van der Waals surface area (Å²) in [6, 6.07) is 7.31. The maximum Gasteiger partial charge on any atom is 0.254 e. The Balaban J connectivity index is 1.84. The van der Waals surface area contributed by atoms with E-state index in [1.807, 2.05) is 36.1 Å². The van der Waals surface area contributed by atoms with Crippen LogP contribution in [-0.4, -0.2) is 36.3 Å². The van der Waals surface area contributed by atoms with Crippen molar-refractivity contribution in [3.63, 3.8) is 0 Å². The van der Waals surface area contributed by atoms with Gasteiger partial charge in [-0.15, -0.1) is 0 Å². The quantitative estimate of drug-likeness (QED) is 0.794. The minimum atomic E-state index is -0.313. The fourth-order valence-electron chi connectivity index (χ4n) is 4.51. The molecule has 130 valence electrons. The van der Waals surface area contributed by atoms with Crippen molar-refractivity contribution >= 4 is 12.2 Å². The molecule has 1 aromatic rings. The monoisotopic (exact) mass is 337 g/mol. The van der Waals surface area contributed by atoms with E-state index in [0.29, 0.717) is 24.6 Å². The predicted octanol–water partition coefficient (Wildman–Crippen LogP) is 3.45. The second kappa shape index (κ2) is 6.17. The molecule has 0 fully saturated rings. The topological polar surface area (TPSA) is 46.6 Å². The molecular weight excluding hydrogens is 314 g/mol. The van der Waals surface area contributed by atoms with Crippen LogP contribution in [0, 0.1) is 5.92 Å². The molecule has 1 aromatic carbocycles. The average molecular weight is 337 g/mol. The summed E-state index contributed by atoms with van der Waals surface area (Å²) in [7, 11) is 0. The normalized spacial score (nSPS) is 27.9. The van der Waals surface area contributed by atoms with E-state index < -0.39 is 0 Å². The van der Waals surface area contributed by atoms with Gasteiger partial charge >= 0.3 is 0 Å². The molecule has 3 aliphatic rings. The molecule has 2 aliphatic heterocycles. The van der Waals surface area contributed by atoms with Crippen LogP contribution in [0.25, 0.3) is 0 Å². The fraction of sp³-hybridized carbons (Fsp3) is 0.429. The Morgan fingerprint density at radius 1 is 1.32 bits per heavy atom. The molecule has 0 N–H and O–H groups in total. The first-order valence-electron chi connectivity index (χ1n) is 9.07. The maximum atomic E-state index is 13.0. The van der Waals surface area contributed by atoms with Crippen LogP contribution in [0.3, 0.4) is 0 Å². The third-order valence-corrected chi connectivity index (χ3v) is 5.66. The lowest BCUT2D eigenvalue weighted by atomic mass is 9.73. The predicted molar refractivity (Wildman–Crippen MR) is 95.2 cm³/mol. The van der Waals surface area contributed by atoms with Crippen molar-refractivity contribution in [1.29, 1.82) is 0 Å². The summed E-state index contributed by atoms with van der Waals surface area (Å²) < 4.78 is 5.82. The number of aldehydes is 1. The fourth-order valence-corrected chi connectivity index (χ4v) is 4.51. The van der Waals surface area contributed by atoms with Crippen LogP contribution in [0.4, 0.5) is 0 Å². The largest absolute Gasteiger partial charge is 0.498 e. The second-order valence-electron chi connectivity index (χ2n) is 7.09. The van der Waals surface area contributed by atoms with Crippen LogP contribution in [0.15, 0.2) is 47.2 Å². The number of benzene rings is 1. The lowest BCUT2D eigenvalue weighted by Crippen LogP contribution is -2.52. The molecule has 0 aromatic heterocycles. The summed E-state index contributed by atoms with van der Waals surface area (Å²) in [5.74, 6) is 1.05. The van der Waals surface area contributed by atoms with Crippen LogP contribution in [-0.2, 0) is 9.53 Å². The molecule has 0 saturated heterocycles. The van der Waals surface area contributed by atoms with Crippen LogP contribution in [0.1, 0.15) is 48.5 Å². The number of amides is 1. The molecule has 0 bridgehead atoms. The van der Waals surface area contributed by atoms with E-state index >= 15 is 0 Å². The Hall–Kier alpha value is -2.36. The maximum absolute atomic E-state index is 13.0. The van der Waals surface area contributed by atoms with Crippen molar-refractivity contribution < 1.29 is 14.3 Å². The standard InChI is InChI=1S/C21H23NO3/c1-3-25-19-11-17-14(10-13(19)2)8-9-22-20(17)18(12-23)15-6-4-5-7-16(15)21(22)24/h4-7,11-13,18,20H,3,8-10H2,1-2H3/t13?,18-,20-/m0/s1. The molecule has 1 unspecified atom stereocenters. The third kappa shape index (κ3) is 2.43. The van der Waals surface area contributed by atoms with E-state index in [9.17, 15) is 9.59 Å². The SMILES string of the molecule is CCOC1=CC2=C(CCN3C(=O)c4ccccc4[C@H](C=O)[C@H]23)CC1C. The average Bonchev–Trinajstić information content (AvgIpc) is 2.63. The summed E-state index contributed by atoms with van der Waals surface area (Å²) in [5.41, 5.74) is 4.00. The Labute approximate surface area is 148 Å². The van der Waals surface area contributed by atoms with Gasteiger partial charge in [0.2, 0.25) is 0 Å². The highest BCUT2D eigenvalue weighted by atomic mass is 16.5. The zero-order chi connectivity index (χ0) is 17.6. The van der Waals surface area contributed by atoms with Gasteiger partial charge in [-0.3, -0.25) is 4.79 Å². The number of ether oxygens (including phenoxy) is 1. The molecule has 0 saturated carbocycles. The Morgan fingerprint density at radius 2 is 2.12 bits per heavy atom. The molecule has 0 spiro atoms. The first kappa shape index (κ1) is 16.1. The summed E-state index contributed by atoms with van der Waals surface area (Å²) in [4.78, 5) is 26.9. The highest BCUT2D eigenvalue weighted by Gasteiger charge is 2.44. The summed E-state index contributed by atoms with van der Waals surface area (Å²) in [6.07, 6.45) is 4.94. The van der Waals surface area contributed by atoms with E-state index in [1.165, 1.54) is 5.57 Å². The molecular formula is C21H23NO3. The number of fused-ring (bicyclic) bond motifs is 3. The van der Waals surface area contributed by atoms with Crippen molar-refractivity contribution in [3.05, 3.63) is 58.4 Å². The number of allylic oxidation sites excluding steroid dienone is 1. The van der Waals surface area contributed by atoms with Gasteiger partial charge in [-0.1, -0.05) is 30.7 Å². The van der Waals surface area contributed by atoms with Crippen molar-refractivity contribution in [1.82, 2.24) is 4.90 Å². The minimum Gasteiger partial charge on any atom is -0.498 e. The highest BCUT2D eigenvalue weighted by Crippen LogP contribution is 2.44. The number of carbonyl (C=O) groups is 2. The Morgan fingerprint density at radius 3 is 2.88 bits per heavy atom. The molecule has 4 rings (SSSR count). The van der Waals surface area contributed by atoms with Crippen molar-refractivity contribution in [3.8, 4) is 0 Å². The van der Waals surface area contributed by atoms with Crippen LogP contribution in [0.2, 0.25) is 0 Å². The van der Waals surface area contributed by atoms with Crippen molar-refractivity contribution in [2.45, 2.75) is 38.6 Å². The number of nitrogens with zero attached hydrogens (tertiary/aromatic N) is 1. The van der Waals surface area contributed by atoms with Gasteiger partial charge in [0.05, 0.1) is 24.3 Å². The number of rotatable bonds is 3. The molecule has 4 nitrogen and oxygen atoms in total. The van der Waals surface area contributed by atoms with Crippen LogP contribution >= 0.6 is 0 Å². The number of hydrogen-bond donors (Lipinski definition) is 0. The summed E-state index contributed by atoms with van der Waals surface area (Å²) in [6.45, 7) is 5.48.